The summed E-state index contributed by atoms with van der Waals surface area (Å²) < 4.78 is 0. The van der Waals surface area contributed by atoms with Gasteiger partial charge >= 0.3 is 21.7 Å². The van der Waals surface area contributed by atoms with Crippen LogP contribution in [0.1, 0.15) is 26.7 Å². The molecule has 0 nitrogen and oxygen atoms in total. The number of halogens is 2. The summed E-state index contributed by atoms with van der Waals surface area (Å²) >= 11 is 0. The Bertz CT molecular complexity index is 478. The van der Waals surface area contributed by atoms with Gasteiger partial charge in [-0.1, -0.05) is 75.2 Å². The third kappa shape index (κ3) is 4.23. The van der Waals surface area contributed by atoms with Crippen molar-refractivity contribution in [2.24, 2.45) is 23.7 Å². The van der Waals surface area contributed by atoms with Crippen molar-refractivity contribution in [3.05, 3.63) is 61.4 Å². The van der Waals surface area contributed by atoms with E-state index in [0.717, 1.165) is 34.8 Å². The van der Waals surface area contributed by atoms with Crippen LogP contribution in [0, 0.1) is 36.5 Å². The molecule has 4 heteroatoms. The van der Waals surface area contributed by atoms with Gasteiger partial charge in [-0.3, -0.25) is 0 Å². The van der Waals surface area contributed by atoms with E-state index in [-0.39, 0.29) is 46.5 Å². The van der Waals surface area contributed by atoms with Crippen LogP contribution >= 0.6 is 0 Å². The molecule has 4 aliphatic rings. The maximum atomic E-state index is 2.77. The summed E-state index contributed by atoms with van der Waals surface area (Å²) in [5.74, 6) is 3.02. The molecule has 0 amide bonds. The van der Waals surface area contributed by atoms with Gasteiger partial charge in [-0.2, -0.15) is 11.1 Å². The fourth-order valence-electron chi connectivity index (χ4n) is 5.93. The minimum absolute atomic E-state index is 0. The first kappa shape index (κ1) is 24.5. The molecule has 4 aliphatic carbocycles. The maximum absolute atomic E-state index is 2.77. The van der Waals surface area contributed by atoms with Crippen LogP contribution in [0.3, 0.4) is 0 Å². The molecule has 0 spiro atoms. The van der Waals surface area contributed by atoms with Crippen molar-refractivity contribution in [3.63, 3.8) is 0 Å². The Morgan fingerprint density at radius 3 is 1.46 bits per heavy atom. The number of hydrogen-bond acceptors (Lipinski definition) is 0. The predicted octanol–water partition coefficient (Wildman–Crippen LogP) is 0.154. The largest absolute Gasteiger partial charge is 4.00 e. The molecule has 4 rings (SSSR count). The molecule has 6 unspecified atom stereocenters. The van der Waals surface area contributed by atoms with Crippen LogP contribution in [-0.2, 0) is 21.7 Å². The van der Waals surface area contributed by atoms with Crippen LogP contribution in [0.15, 0.2) is 48.6 Å². The molecule has 26 heavy (non-hydrogen) atoms. The van der Waals surface area contributed by atoms with Crippen LogP contribution in [0.4, 0.5) is 0 Å². The molecule has 0 bridgehead atoms. The van der Waals surface area contributed by atoms with Gasteiger partial charge in [-0.25, -0.2) is 0 Å². The second-order valence-corrected chi connectivity index (χ2v) is 13.4. The second-order valence-electron chi connectivity index (χ2n) is 8.03. The molecule has 2 saturated carbocycles. The van der Waals surface area contributed by atoms with Crippen LogP contribution in [0.2, 0.25) is 23.2 Å². The minimum atomic E-state index is -1.30. The van der Waals surface area contributed by atoms with Gasteiger partial charge in [-0.05, 0) is 11.8 Å². The zero-order valence-corrected chi connectivity index (χ0v) is 19.9. The molecule has 0 N–H and O–H groups in total. The summed E-state index contributed by atoms with van der Waals surface area (Å²) in [6.45, 7) is 5.00. The van der Waals surface area contributed by atoms with Crippen molar-refractivity contribution in [3.8, 4) is 0 Å². The molecule has 0 heterocycles. The Labute approximate surface area is 188 Å². The van der Waals surface area contributed by atoms with Crippen LogP contribution in [0.25, 0.3) is 0 Å². The summed E-state index contributed by atoms with van der Waals surface area (Å²) in [5.41, 5.74) is 1.82. The Kier molecular flexibility index (Phi) is 9.71. The molecular formula is C22H30Cl2SiTi. The molecule has 0 radical (unpaired) electrons. The molecule has 2 fully saturated rings. The van der Waals surface area contributed by atoms with Crippen molar-refractivity contribution in [2.45, 2.75) is 49.9 Å². The molecule has 0 aromatic carbocycles. The summed E-state index contributed by atoms with van der Waals surface area (Å²) in [5, 5.41) is 0. The molecule has 0 aliphatic heterocycles. The van der Waals surface area contributed by atoms with Crippen LogP contribution in [-0.4, -0.2) is 8.07 Å². The van der Waals surface area contributed by atoms with Crippen molar-refractivity contribution in [2.75, 3.05) is 0 Å². The molecular weight excluding hydrogens is 411 g/mol. The van der Waals surface area contributed by atoms with Gasteiger partial charge in [0.05, 0.1) is 0 Å². The van der Waals surface area contributed by atoms with Crippen molar-refractivity contribution < 1.29 is 46.5 Å². The van der Waals surface area contributed by atoms with E-state index in [1.165, 1.54) is 24.9 Å². The van der Waals surface area contributed by atoms with E-state index < -0.39 is 8.07 Å². The Balaban J connectivity index is 0.00000113. The molecule has 0 aromatic heterocycles. The Hall–Kier alpha value is 0.471. The molecule has 140 valence electrons. The standard InChI is InChI=1S/C22H30Si.2ClH.Ti/c1-3-23(4-2,21-13-17-9-5-6-10-18(17)14-21)22-15-19-11-7-8-12-20(19)16-22;;;/h5-13,15,17-22H,3-4,14,16H2,1-2H3;2*1H;/q-2;;;+4/p-2. The van der Waals surface area contributed by atoms with E-state index in [4.69, 9.17) is 0 Å². The Morgan fingerprint density at radius 1 is 0.731 bits per heavy atom. The average molecular weight is 441 g/mol. The fraction of sp³-hybridized carbons (Fsp3) is 0.545. The first-order valence-corrected chi connectivity index (χ1v) is 12.2. The number of fused-ring (bicyclic) bond motifs is 2. The first-order chi connectivity index (χ1) is 11.3. The first-order valence-electron chi connectivity index (χ1n) is 9.66. The van der Waals surface area contributed by atoms with E-state index in [2.05, 4.69) is 75.3 Å². The number of hydrogen-bond donors (Lipinski definition) is 0. The van der Waals surface area contributed by atoms with E-state index in [1.807, 2.05) is 0 Å². The summed E-state index contributed by atoms with van der Waals surface area (Å²) in [7, 11) is -1.30. The van der Waals surface area contributed by atoms with Crippen LogP contribution < -0.4 is 24.8 Å². The fourth-order valence-corrected chi connectivity index (χ4v) is 11.8. The summed E-state index contributed by atoms with van der Waals surface area (Å²) in [6, 6.07) is 2.90. The molecule has 0 aromatic rings. The summed E-state index contributed by atoms with van der Waals surface area (Å²) in [6.07, 6.45) is 27.3. The SMILES string of the molecule is CC[Si](CC)(C1[CH-]C2C=CC=CC2C1)C1[CH-]C2C=CC=CC2C1.[Cl-].[Cl-].[Ti+4]. The van der Waals surface area contributed by atoms with E-state index >= 15 is 0 Å². The van der Waals surface area contributed by atoms with Crippen LogP contribution in [0.5, 0.6) is 0 Å². The minimum Gasteiger partial charge on any atom is -1.00 e. The number of rotatable bonds is 4. The van der Waals surface area contributed by atoms with Gasteiger partial charge in [0.25, 0.3) is 0 Å². The quantitative estimate of drug-likeness (QED) is 0.431. The van der Waals surface area contributed by atoms with Gasteiger partial charge in [-0.15, -0.1) is 24.0 Å². The summed E-state index contributed by atoms with van der Waals surface area (Å²) in [4.78, 5) is 0. The van der Waals surface area contributed by atoms with E-state index in [0.29, 0.717) is 0 Å². The zero-order chi connectivity index (χ0) is 15.9. The smallest absolute Gasteiger partial charge is 1.00 e. The third-order valence-corrected chi connectivity index (χ3v) is 13.8. The molecule has 6 atom stereocenters. The van der Waals surface area contributed by atoms with Gasteiger partial charge in [0, 0.05) is 8.07 Å². The second kappa shape index (κ2) is 10.3. The maximum Gasteiger partial charge on any atom is 4.00 e. The normalized spacial score (nSPS) is 36.5. The predicted molar refractivity (Wildman–Crippen MR) is 103 cm³/mol. The Morgan fingerprint density at radius 2 is 1.12 bits per heavy atom. The number of allylic oxidation sites excluding steroid dienone is 8. The van der Waals surface area contributed by atoms with Gasteiger partial charge in [0.2, 0.25) is 0 Å². The average Bonchev–Trinajstić information content (AvgIpc) is 3.21. The van der Waals surface area contributed by atoms with Gasteiger partial charge < -0.3 is 37.7 Å². The topological polar surface area (TPSA) is 0 Å². The zero-order valence-electron chi connectivity index (χ0n) is 15.8. The van der Waals surface area contributed by atoms with E-state index in [9.17, 15) is 0 Å². The third-order valence-electron chi connectivity index (χ3n) is 7.35. The monoisotopic (exact) mass is 440 g/mol. The van der Waals surface area contributed by atoms with Crippen molar-refractivity contribution in [1.82, 2.24) is 0 Å². The van der Waals surface area contributed by atoms with E-state index in [1.54, 1.807) is 0 Å². The molecule has 0 saturated heterocycles. The van der Waals surface area contributed by atoms with Gasteiger partial charge in [0.15, 0.2) is 0 Å². The van der Waals surface area contributed by atoms with Crippen molar-refractivity contribution >= 4 is 8.07 Å². The van der Waals surface area contributed by atoms with Gasteiger partial charge in [0.1, 0.15) is 0 Å². The van der Waals surface area contributed by atoms with Crippen molar-refractivity contribution in [1.29, 1.82) is 0 Å².